The van der Waals surface area contributed by atoms with Gasteiger partial charge >= 0.3 is 7.12 Å². The Morgan fingerprint density at radius 1 is 1.20 bits per heavy atom. The summed E-state index contributed by atoms with van der Waals surface area (Å²) >= 11 is 6.15. The molecule has 0 bridgehead atoms. The summed E-state index contributed by atoms with van der Waals surface area (Å²) in [6.45, 7) is 8.18. The third-order valence-electron chi connectivity index (χ3n) is 4.59. The minimum absolute atomic E-state index is 0.349. The van der Waals surface area contributed by atoms with Gasteiger partial charge in [0.15, 0.2) is 0 Å². The predicted molar refractivity (Wildman–Crippen MR) is 81.4 cm³/mol. The molecular formula is C15H21BClNO2. The smallest absolute Gasteiger partial charge is 0.398 e. The van der Waals surface area contributed by atoms with Gasteiger partial charge in [-0.25, -0.2) is 4.98 Å². The van der Waals surface area contributed by atoms with Gasteiger partial charge in [0.25, 0.3) is 0 Å². The van der Waals surface area contributed by atoms with E-state index >= 15 is 0 Å². The summed E-state index contributed by atoms with van der Waals surface area (Å²) < 4.78 is 12.1. The van der Waals surface area contributed by atoms with Crippen molar-refractivity contribution in [2.24, 2.45) is 5.92 Å². The van der Waals surface area contributed by atoms with Crippen LogP contribution in [0.3, 0.4) is 0 Å². The maximum Gasteiger partial charge on any atom is 0.514 e. The molecule has 0 radical (unpaired) electrons. The molecule has 1 aliphatic carbocycles. The number of rotatable bonds is 3. The minimum Gasteiger partial charge on any atom is -0.398 e. The van der Waals surface area contributed by atoms with Crippen molar-refractivity contribution >= 4 is 24.3 Å². The molecule has 20 heavy (non-hydrogen) atoms. The topological polar surface area (TPSA) is 31.4 Å². The van der Waals surface area contributed by atoms with Gasteiger partial charge in [0, 0.05) is 0 Å². The van der Waals surface area contributed by atoms with E-state index in [1.807, 2.05) is 33.8 Å². The lowest BCUT2D eigenvalue weighted by molar-refractivity contribution is 0.00578. The van der Waals surface area contributed by atoms with Crippen molar-refractivity contribution in [2.75, 3.05) is 0 Å². The zero-order valence-corrected chi connectivity index (χ0v) is 13.3. The Labute approximate surface area is 126 Å². The molecule has 0 aromatic carbocycles. The first-order chi connectivity index (χ1) is 9.27. The molecule has 3 nitrogen and oxygen atoms in total. The van der Waals surface area contributed by atoms with Crippen molar-refractivity contribution < 1.29 is 9.31 Å². The lowest BCUT2D eigenvalue weighted by Crippen LogP contribution is -2.41. The van der Waals surface area contributed by atoms with Gasteiger partial charge in [-0.3, -0.25) is 0 Å². The van der Waals surface area contributed by atoms with E-state index in [1.54, 1.807) is 0 Å². The monoisotopic (exact) mass is 293 g/mol. The van der Waals surface area contributed by atoms with Crippen LogP contribution in [-0.4, -0.2) is 23.3 Å². The van der Waals surface area contributed by atoms with Crippen molar-refractivity contribution in [3.8, 4) is 0 Å². The average molecular weight is 294 g/mol. The highest BCUT2D eigenvalue weighted by Gasteiger charge is 2.52. The van der Waals surface area contributed by atoms with Crippen LogP contribution in [0.4, 0.5) is 0 Å². The molecule has 1 aromatic heterocycles. The highest BCUT2D eigenvalue weighted by molar-refractivity contribution is 6.61. The highest BCUT2D eigenvalue weighted by atomic mass is 35.5. The van der Waals surface area contributed by atoms with Crippen LogP contribution in [0.25, 0.3) is 0 Å². The molecule has 1 aliphatic heterocycles. The van der Waals surface area contributed by atoms with E-state index in [0.29, 0.717) is 5.15 Å². The number of hydrogen-bond donors (Lipinski definition) is 0. The van der Waals surface area contributed by atoms with Crippen molar-refractivity contribution in [2.45, 2.75) is 58.2 Å². The second-order valence-electron chi connectivity index (χ2n) is 6.96. The molecule has 108 valence electrons. The lowest BCUT2D eigenvalue weighted by atomic mass is 9.83. The fourth-order valence-electron chi connectivity index (χ4n) is 2.43. The molecular weight excluding hydrogens is 272 g/mol. The van der Waals surface area contributed by atoms with Gasteiger partial charge in [0.2, 0.25) is 0 Å². The van der Waals surface area contributed by atoms with E-state index in [2.05, 4.69) is 11.1 Å². The van der Waals surface area contributed by atoms with Crippen molar-refractivity contribution in [1.82, 2.24) is 4.98 Å². The standard InChI is InChI=1S/C15H21BClNO2/c1-14(2)15(3,4)20-16(19-14)12-8-11(7-10-5-6-10)9-13(17)18-12/h8-10H,5-7H2,1-4H3. The SMILES string of the molecule is CC1(C)OB(c2cc(CC3CC3)cc(Cl)n2)OC1(C)C. The third kappa shape index (κ3) is 2.74. The highest BCUT2D eigenvalue weighted by Crippen LogP contribution is 2.37. The van der Waals surface area contributed by atoms with E-state index in [4.69, 9.17) is 20.9 Å². The zero-order chi connectivity index (χ0) is 14.5. The van der Waals surface area contributed by atoms with E-state index in [9.17, 15) is 0 Å². The number of pyridine rings is 1. The van der Waals surface area contributed by atoms with Gasteiger partial charge in [-0.1, -0.05) is 11.6 Å². The quantitative estimate of drug-likeness (QED) is 0.634. The van der Waals surface area contributed by atoms with E-state index in [0.717, 1.165) is 17.9 Å². The Morgan fingerprint density at radius 3 is 2.35 bits per heavy atom. The number of hydrogen-bond acceptors (Lipinski definition) is 3. The minimum atomic E-state index is -0.434. The number of nitrogens with zero attached hydrogens (tertiary/aromatic N) is 1. The summed E-state index contributed by atoms with van der Waals surface area (Å²) in [6.07, 6.45) is 3.73. The van der Waals surface area contributed by atoms with Gasteiger partial charge < -0.3 is 9.31 Å². The second kappa shape index (κ2) is 4.72. The number of halogens is 1. The van der Waals surface area contributed by atoms with Gasteiger partial charge in [-0.15, -0.1) is 0 Å². The predicted octanol–water partition coefficient (Wildman–Crippen LogP) is 2.99. The molecule has 2 heterocycles. The summed E-state index contributed by atoms with van der Waals surface area (Å²) in [5, 5.41) is 0.521. The first kappa shape index (κ1) is 14.4. The van der Waals surface area contributed by atoms with Crippen LogP contribution in [0, 0.1) is 5.92 Å². The van der Waals surface area contributed by atoms with Crippen molar-refractivity contribution in [3.63, 3.8) is 0 Å². The summed E-state index contributed by atoms with van der Waals surface area (Å²) in [6, 6.07) is 4.03. The maximum atomic E-state index is 6.15. The van der Waals surface area contributed by atoms with Gasteiger partial charge in [-0.05, 0) is 70.6 Å². The molecule has 2 fully saturated rings. The van der Waals surface area contributed by atoms with Crippen LogP contribution >= 0.6 is 11.6 Å². The first-order valence-electron chi connectivity index (χ1n) is 7.29. The van der Waals surface area contributed by atoms with Gasteiger partial charge in [-0.2, -0.15) is 0 Å². The fourth-order valence-corrected chi connectivity index (χ4v) is 2.67. The molecule has 0 amide bonds. The van der Waals surface area contributed by atoms with Crippen LogP contribution in [0.1, 0.15) is 46.1 Å². The van der Waals surface area contributed by atoms with Crippen molar-refractivity contribution in [1.29, 1.82) is 0 Å². The Kier molecular flexibility index (Phi) is 3.39. The Morgan fingerprint density at radius 2 is 1.80 bits per heavy atom. The average Bonchev–Trinajstić information content (AvgIpc) is 3.06. The molecule has 2 aliphatic rings. The molecule has 1 saturated carbocycles. The van der Waals surface area contributed by atoms with Crippen LogP contribution in [0.15, 0.2) is 12.1 Å². The van der Waals surface area contributed by atoms with E-state index in [-0.39, 0.29) is 11.2 Å². The Bertz CT molecular complexity index is 513. The molecule has 0 N–H and O–H groups in total. The summed E-state index contributed by atoms with van der Waals surface area (Å²) in [5.74, 6) is 0.819. The van der Waals surface area contributed by atoms with Crippen LogP contribution in [0.5, 0.6) is 0 Å². The maximum absolute atomic E-state index is 6.15. The van der Waals surface area contributed by atoms with Crippen molar-refractivity contribution in [3.05, 3.63) is 22.8 Å². The van der Waals surface area contributed by atoms with E-state index in [1.165, 1.54) is 18.4 Å². The molecule has 0 unspecified atom stereocenters. The van der Waals surface area contributed by atoms with E-state index < -0.39 is 7.12 Å². The summed E-state index contributed by atoms with van der Waals surface area (Å²) in [7, 11) is -0.434. The summed E-state index contributed by atoms with van der Waals surface area (Å²) in [4.78, 5) is 4.39. The largest absolute Gasteiger partial charge is 0.514 e. The van der Waals surface area contributed by atoms with Crippen LogP contribution in [-0.2, 0) is 15.7 Å². The molecule has 0 atom stereocenters. The third-order valence-corrected chi connectivity index (χ3v) is 4.78. The molecule has 0 spiro atoms. The number of aromatic nitrogens is 1. The Hall–Kier alpha value is -0.575. The van der Waals surface area contributed by atoms with Crippen LogP contribution < -0.4 is 5.59 Å². The Balaban J connectivity index is 1.85. The summed E-state index contributed by atoms with van der Waals surface area (Å²) in [5.41, 5.74) is 1.32. The molecule has 5 heteroatoms. The lowest BCUT2D eigenvalue weighted by Gasteiger charge is -2.32. The molecule has 1 aromatic rings. The second-order valence-corrected chi connectivity index (χ2v) is 7.35. The van der Waals surface area contributed by atoms with Gasteiger partial charge in [0.1, 0.15) is 5.15 Å². The van der Waals surface area contributed by atoms with Crippen LogP contribution in [0.2, 0.25) is 5.15 Å². The van der Waals surface area contributed by atoms with Gasteiger partial charge in [0.05, 0.1) is 16.8 Å². The molecule has 1 saturated heterocycles. The fraction of sp³-hybridized carbons (Fsp3) is 0.667. The zero-order valence-electron chi connectivity index (χ0n) is 12.6. The molecule has 3 rings (SSSR count). The first-order valence-corrected chi connectivity index (χ1v) is 7.67. The normalized spacial score (nSPS) is 24.1.